The Morgan fingerprint density at radius 1 is 1.64 bits per heavy atom. The number of rotatable bonds is 4. The summed E-state index contributed by atoms with van der Waals surface area (Å²) in [7, 11) is 0. The van der Waals surface area contributed by atoms with E-state index >= 15 is 0 Å². The quantitative estimate of drug-likeness (QED) is 0.657. The number of aromatic nitrogens is 2. The number of H-pyrrole nitrogens is 1. The van der Waals surface area contributed by atoms with Gasteiger partial charge in [0.1, 0.15) is 5.82 Å². The first-order chi connectivity index (χ1) is 5.43. The third-order valence-corrected chi connectivity index (χ3v) is 1.52. The van der Waals surface area contributed by atoms with E-state index in [9.17, 15) is 0 Å². The standard InChI is InChI=1S/C9H14N2/c1-2-3-4-5-6-9-10-7-8-11-9/h5-8H,2-4H2,1H3,(H,10,11). The molecule has 0 spiro atoms. The molecule has 0 aliphatic rings. The summed E-state index contributed by atoms with van der Waals surface area (Å²) in [6.45, 7) is 2.20. The van der Waals surface area contributed by atoms with Crippen LogP contribution in [0.1, 0.15) is 32.0 Å². The number of hydrogen-bond donors (Lipinski definition) is 1. The summed E-state index contributed by atoms with van der Waals surface area (Å²) in [5.41, 5.74) is 0. The van der Waals surface area contributed by atoms with E-state index in [-0.39, 0.29) is 0 Å². The maximum Gasteiger partial charge on any atom is 0.129 e. The first-order valence-corrected chi connectivity index (χ1v) is 4.09. The lowest BCUT2D eigenvalue weighted by atomic mass is 10.2. The zero-order chi connectivity index (χ0) is 7.94. The highest BCUT2D eigenvalue weighted by Crippen LogP contribution is 1.98. The molecule has 1 aromatic heterocycles. The highest BCUT2D eigenvalue weighted by Gasteiger charge is 1.84. The summed E-state index contributed by atoms with van der Waals surface area (Å²) in [4.78, 5) is 7.09. The summed E-state index contributed by atoms with van der Waals surface area (Å²) < 4.78 is 0. The van der Waals surface area contributed by atoms with E-state index in [4.69, 9.17) is 0 Å². The van der Waals surface area contributed by atoms with Crippen molar-refractivity contribution in [2.75, 3.05) is 0 Å². The Labute approximate surface area is 67.4 Å². The van der Waals surface area contributed by atoms with Gasteiger partial charge in [-0.15, -0.1) is 0 Å². The molecule has 0 amide bonds. The maximum atomic E-state index is 4.07. The summed E-state index contributed by atoms with van der Waals surface area (Å²) in [6, 6.07) is 0. The first kappa shape index (κ1) is 8.05. The molecule has 0 atom stereocenters. The Bertz CT molecular complexity index is 199. The molecule has 0 saturated carbocycles. The highest BCUT2D eigenvalue weighted by atomic mass is 14.9. The molecule has 0 fully saturated rings. The lowest BCUT2D eigenvalue weighted by molar-refractivity contribution is 0.816. The number of aromatic amines is 1. The van der Waals surface area contributed by atoms with Crippen molar-refractivity contribution in [2.45, 2.75) is 26.2 Å². The van der Waals surface area contributed by atoms with Crippen molar-refractivity contribution in [1.29, 1.82) is 0 Å². The summed E-state index contributed by atoms with van der Waals surface area (Å²) in [5, 5.41) is 0. The van der Waals surface area contributed by atoms with Crippen molar-refractivity contribution in [1.82, 2.24) is 9.97 Å². The van der Waals surface area contributed by atoms with Crippen LogP contribution < -0.4 is 0 Å². The average Bonchev–Trinajstić information content (AvgIpc) is 2.50. The molecule has 60 valence electrons. The van der Waals surface area contributed by atoms with E-state index in [0.717, 1.165) is 12.2 Å². The van der Waals surface area contributed by atoms with Gasteiger partial charge in [0.2, 0.25) is 0 Å². The van der Waals surface area contributed by atoms with Crippen LogP contribution in [0.4, 0.5) is 0 Å². The lowest BCUT2D eigenvalue weighted by Crippen LogP contribution is -1.73. The van der Waals surface area contributed by atoms with E-state index in [0.29, 0.717) is 0 Å². The third kappa shape index (κ3) is 3.03. The number of imidazole rings is 1. The van der Waals surface area contributed by atoms with Crippen LogP contribution in [-0.4, -0.2) is 9.97 Å². The van der Waals surface area contributed by atoms with Crippen LogP contribution >= 0.6 is 0 Å². The molecule has 1 rings (SSSR count). The molecule has 0 radical (unpaired) electrons. The average molecular weight is 150 g/mol. The van der Waals surface area contributed by atoms with Gasteiger partial charge in [0, 0.05) is 12.4 Å². The number of hydrogen-bond acceptors (Lipinski definition) is 1. The van der Waals surface area contributed by atoms with Crippen molar-refractivity contribution in [3.05, 3.63) is 24.3 Å². The first-order valence-electron chi connectivity index (χ1n) is 4.09. The van der Waals surface area contributed by atoms with Crippen LogP contribution in [0, 0.1) is 0 Å². The number of unbranched alkanes of at least 4 members (excludes halogenated alkanes) is 2. The minimum absolute atomic E-state index is 0.945. The molecule has 0 unspecified atom stereocenters. The largest absolute Gasteiger partial charge is 0.345 e. The Balaban J connectivity index is 2.25. The minimum atomic E-state index is 0.945. The van der Waals surface area contributed by atoms with Crippen molar-refractivity contribution in [2.24, 2.45) is 0 Å². The predicted octanol–water partition coefficient (Wildman–Crippen LogP) is 2.61. The smallest absolute Gasteiger partial charge is 0.129 e. The molecular formula is C9H14N2. The Morgan fingerprint density at radius 3 is 3.18 bits per heavy atom. The van der Waals surface area contributed by atoms with Crippen molar-refractivity contribution in [3.63, 3.8) is 0 Å². The molecule has 1 N–H and O–H groups in total. The van der Waals surface area contributed by atoms with Gasteiger partial charge in [0.25, 0.3) is 0 Å². The van der Waals surface area contributed by atoms with Crippen LogP contribution in [0.25, 0.3) is 6.08 Å². The monoisotopic (exact) mass is 150 g/mol. The second-order valence-electron chi connectivity index (χ2n) is 2.52. The van der Waals surface area contributed by atoms with Crippen LogP contribution in [0.5, 0.6) is 0 Å². The molecule has 0 bridgehead atoms. The van der Waals surface area contributed by atoms with E-state index < -0.39 is 0 Å². The highest BCUT2D eigenvalue weighted by molar-refractivity contribution is 5.38. The van der Waals surface area contributed by atoms with Crippen molar-refractivity contribution >= 4 is 6.08 Å². The van der Waals surface area contributed by atoms with Gasteiger partial charge >= 0.3 is 0 Å². The van der Waals surface area contributed by atoms with Gasteiger partial charge in [-0.25, -0.2) is 4.98 Å². The Hall–Kier alpha value is -1.05. The second-order valence-corrected chi connectivity index (χ2v) is 2.52. The summed E-state index contributed by atoms with van der Waals surface area (Å²) >= 11 is 0. The van der Waals surface area contributed by atoms with Crippen LogP contribution in [0.2, 0.25) is 0 Å². The molecule has 0 aromatic carbocycles. The van der Waals surface area contributed by atoms with Gasteiger partial charge < -0.3 is 4.98 Å². The normalized spacial score (nSPS) is 11.0. The van der Waals surface area contributed by atoms with Crippen LogP contribution in [0.15, 0.2) is 18.5 Å². The Morgan fingerprint density at radius 2 is 2.55 bits per heavy atom. The predicted molar refractivity (Wildman–Crippen MR) is 47.1 cm³/mol. The van der Waals surface area contributed by atoms with Crippen LogP contribution in [-0.2, 0) is 0 Å². The third-order valence-electron chi connectivity index (χ3n) is 1.52. The van der Waals surface area contributed by atoms with Crippen molar-refractivity contribution in [3.8, 4) is 0 Å². The van der Waals surface area contributed by atoms with Crippen LogP contribution in [0.3, 0.4) is 0 Å². The molecule has 0 aliphatic carbocycles. The van der Waals surface area contributed by atoms with E-state index in [1.165, 1.54) is 12.8 Å². The number of nitrogens with one attached hydrogen (secondary N) is 1. The molecule has 2 nitrogen and oxygen atoms in total. The van der Waals surface area contributed by atoms with Gasteiger partial charge in [-0.2, -0.15) is 0 Å². The molecule has 2 heteroatoms. The molecule has 1 aromatic rings. The summed E-state index contributed by atoms with van der Waals surface area (Å²) in [5.74, 6) is 0.945. The molecule has 0 saturated heterocycles. The fourth-order valence-electron chi connectivity index (χ4n) is 0.886. The SMILES string of the molecule is CCCCC=Cc1ncc[nH]1. The molecular weight excluding hydrogens is 136 g/mol. The fourth-order valence-corrected chi connectivity index (χ4v) is 0.886. The van der Waals surface area contributed by atoms with E-state index in [1.54, 1.807) is 6.20 Å². The van der Waals surface area contributed by atoms with E-state index in [2.05, 4.69) is 23.0 Å². The maximum absolute atomic E-state index is 4.07. The zero-order valence-corrected chi connectivity index (χ0v) is 6.88. The van der Waals surface area contributed by atoms with Gasteiger partial charge in [-0.1, -0.05) is 25.8 Å². The Kier molecular flexibility index (Phi) is 3.45. The van der Waals surface area contributed by atoms with E-state index in [1.807, 2.05) is 12.3 Å². The van der Waals surface area contributed by atoms with Gasteiger partial charge in [0.05, 0.1) is 0 Å². The minimum Gasteiger partial charge on any atom is -0.345 e. The van der Waals surface area contributed by atoms with Gasteiger partial charge in [-0.3, -0.25) is 0 Å². The topological polar surface area (TPSA) is 28.7 Å². The molecule has 11 heavy (non-hydrogen) atoms. The number of nitrogens with zero attached hydrogens (tertiary/aromatic N) is 1. The summed E-state index contributed by atoms with van der Waals surface area (Å²) in [6.07, 6.45) is 11.4. The second kappa shape index (κ2) is 4.72. The molecule has 1 heterocycles. The van der Waals surface area contributed by atoms with Gasteiger partial charge in [-0.05, 0) is 12.5 Å². The fraction of sp³-hybridized carbons (Fsp3) is 0.444. The molecule has 0 aliphatic heterocycles. The van der Waals surface area contributed by atoms with Gasteiger partial charge in [0.15, 0.2) is 0 Å². The lowest BCUT2D eigenvalue weighted by Gasteiger charge is -1.86. The number of allylic oxidation sites excluding steroid dienone is 1. The van der Waals surface area contributed by atoms with Crippen molar-refractivity contribution < 1.29 is 0 Å². The zero-order valence-electron chi connectivity index (χ0n) is 6.88.